The highest BCUT2D eigenvalue weighted by molar-refractivity contribution is 7.22. The second-order valence-electron chi connectivity index (χ2n) is 13.2. The molecule has 0 aliphatic rings. The molecule has 0 saturated carbocycles. The Morgan fingerprint density at radius 1 is 0.431 bits per heavy atom. The van der Waals surface area contributed by atoms with Crippen LogP contribution in [-0.2, 0) is 0 Å². The Bertz CT molecular complexity index is 3320. The van der Waals surface area contributed by atoms with Gasteiger partial charge in [-0.1, -0.05) is 97.1 Å². The van der Waals surface area contributed by atoms with Crippen LogP contribution in [0.4, 0.5) is 0 Å². The fraction of sp³-hybridized carbons (Fsp3) is 0. The van der Waals surface area contributed by atoms with Gasteiger partial charge in [0.1, 0.15) is 10.8 Å². The molecule has 0 radical (unpaired) electrons. The molecule has 0 bridgehead atoms. The molecule has 0 saturated heterocycles. The van der Waals surface area contributed by atoms with E-state index >= 15 is 0 Å². The molecule has 236 valence electrons. The summed E-state index contributed by atoms with van der Waals surface area (Å²) in [6.07, 6.45) is 0. The predicted molar refractivity (Wildman–Crippen MR) is 213 cm³/mol. The highest BCUT2D eigenvalue weighted by atomic mass is 32.1. The van der Waals surface area contributed by atoms with E-state index in [9.17, 15) is 0 Å². The Hall–Kier alpha value is -6.63. The van der Waals surface area contributed by atoms with Gasteiger partial charge >= 0.3 is 0 Å². The highest BCUT2D eigenvalue weighted by Crippen LogP contribution is 2.46. The van der Waals surface area contributed by atoms with Gasteiger partial charge in [0.15, 0.2) is 5.82 Å². The Kier molecular flexibility index (Phi) is 5.32. The fourth-order valence-corrected chi connectivity index (χ4v) is 9.40. The molecule has 12 rings (SSSR count). The van der Waals surface area contributed by atoms with Gasteiger partial charge in [-0.05, 0) is 54.6 Å². The second kappa shape index (κ2) is 9.97. The van der Waals surface area contributed by atoms with Gasteiger partial charge in [-0.2, -0.15) is 0 Å². The van der Waals surface area contributed by atoms with E-state index in [4.69, 9.17) is 15.0 Å². The lowest BCUT2D eigenvalue weighted by Gasteiger charge is -2.12. The standard InChI is InChI=1S/C45H25N5S/c1-2-12-26(13-3-1)45-47-35-25-33-32-24-27(22-23-39(32)49-38-21-11-7-17-31(38)40(41(33)49)42(35)51-45)43-46-34-18-8-4-16-30(34)44(48-43)50-36-19-9-5-14-28(36)29-15-6-10-20-37(29)50/h1-25H. The molecule has 5 nitrogen and oxygen atoms in total. The molecule has 0 spiro atoms. The highest BCUT2D eigenvalue weighted by Gasteiger charge is 2.23. The van der Waals surface area contributed by atoms with Crippen LogP contribution >= 0.6 is 11.3 Å². The van der Waals surface area contributed by atoms with Crippen molar-refractivity contribution in [1.82, 2.24) is 23.9 Å². The molecule has 0 unspecified atom stereocenters. The Balaban J connectivity index is 1.15. The van der Waals surface area contributed by atoms with E-state index in [2.05, 4.69) is 161 Å². The number of thiazole rings is 1. The molecular weight excluding hydrogens is 643 g/mol. The summed E-state index contributed by atoms with van der Waals surface area (Å²) >= 11 is 1.78. The number of aromatic nitrogens is 5. The molecule has 0 amide bonds. The maximum atomic E-state index is 5.40. The zero-order valence-corrected chi connectivity index (χ0v) is 27.9. The van der Waals surface area contributed by atoms with Crippen LogP contribution in [0.15, 0.2) is 152 Å². The lowest BCUT2D eigenvalue weighted by molar-refractivity contribution is 1.08. The van der Waals surface area contributed by atoms with Crippen molar-refractivity contribution in [3.63, 3.8) is 0 Å². The molecule has 12 aromatic rings. The van der Waals surface area contributed by atoms with Crippen LogP contribution in [0, 0.1) is 0 Å². The van der Waals surface area contributed by atoms with Crippen molar-refractivity contribution in [1.29, 1.82) is 0 Å². The van der Waals surface area contributed by atoms with Gasteiger partial charge in [0.05, 0.1) is 43.3 Å². The number of rotatable bonds is 3. The Labute approximate surface area is 294 Å². The van der Waals surface area contributed by atoms with Crippen LogP contribution in [0.1, 0.15) is 0 Å². The van der Waals surface area contributed by atoms with Gasteiger partial charge in [0.25, 0.3) is 0 Å². The molecule has 5 aromatic heterocycles. The Morgan fingerprint density at radius 3 is 1.86 bits per heavy atom. The molecular formula is C45H25N5S. The van der Waals surface area contributed by atoms with Gasteiger partial charge in [-0.15, -0.1) is 11.3 Å². The van der Waals surface area contributed by atoms with Crippen LogP contribution in [0.25, 0.3) is 109 Å². The quantitative estimate of drug-likeness (QED) is 0.188. The van der Waals surface area contributed by atoms with Crippen LogP contribution < -0.4 is 0 Å². The van der Waals surface area contributed by atoms with Crippen molar-refractivity contribution in [2.24, 2.45) is 0 Å². The average molecular weight is 668 g/mol. The van der Waals surface area contributed by atoms with Crippen LogP contribution in [0.2, 0.25) is 0 Å². The summed E-state index contributed by atoms with van der Waals surface area (Å²) in [4.78, 5) is 15.8. The number of para-hydroxylation sites is 4. The third-order valence-electron chi connectivity index (χ3n) is 10.5. The van der Waals surface area contributed by atoms with Crippen molar-refractivity contribution in [3.05, 3.63) is 152 Å². The smallest absolute Gasteiger partial charge is 0.162 e. The van der Waals surface area contributed by atoms with E-state index in [1.54, 1.807) is 11.3 Å². The first-order valence-corrected chi connectivity index (χ1v) is 17.9. The van der Waals surface area contributed by atoms with E-state index in [-0.39, 0.29) is 0 Å². The normalized spacial score (nSPS) is 12.3. The number of fused-ring (bicyclic) bond motifs is 12. The lowest BCUT2D eigenvalue weighted by atomic mass is 10.0. The summed E-state index contributed by atoms with van der Waals surface area (Å²) in [5.74, 6) is 1.58. The van der Waals surface area contributed by atoms with Gasteiger partial charge in [0.2, 0.25) is 0 Å². The van der Waals surface area contributed by atoms with Crippen LogP contribution in [0.5, 0.6) is 0 Å². The molecule has 6 heteroatoms. The first kappa shape index (κ1) is 27.2. The van der Waals surface area contributed by atoms with E-state index in [0.717, 1.165) is 49.4 Å². The van der Waals surface area contributed by atoms with Gasteiger partial charge in [-0.3, -0.25) is 4.57 Å². The summed E-state index contributed by atoms with van der Waals surface area (Å²) < 4.78 is 5.96. The summed E-state index contributed by atoms with van der Waals surface area (Å²) in [7, 11) is 0. The molecule has 0 fully saturated rings. The topological polar surface area (TPSA) is 48.0 Å². The van der Waals surface area contributed by atoms with Crippen molar-refractivity contribution < 1.29 is 0 Å². The zero-order chi connectivity index (χ0) is 33.2. The third-order valence-corrected chi connectivity index (χ3v) is 11.6. The molecule has 5 heterocycles. The first-order valence-electron chi connectivity index (χ1n) is 17.1. The fourth-order valence-electron chi connectivity index (χ4n) is 8.29. The van der Waals surface area contributed by atoms with E-state index in [1.807, 2.05) is 0 Å². The van der Waals surface area contributed by atoms with E-state index in [0.29, 0.717) is 5.82 Å². The largest absolute Gasteiger partial charge is 0.308 e. The van der Waals surface area contributed by atoms with Crippen molar-refractivity contribution in [2.45, 2.75) is 0 Å². The molecule has 0 aliphatic heterocycles. The third kappa shape index (κ3) is 3.66. The summed E-state index contributed by atoms with van der Waals surface area (Å²) in [5.41, 5.74) is 9.93. The molecule has 7 aromatic carbocycles. The van der Waals surface area contributed by atoms with Crippen LogP contribution in [-0.4, -0.2) is 23.9 Å². The SMILES string of the molecule is c1ccc(-c2nc3cc4c5cc(-c6nc(-n7c8ccccc8c8ccccc87)c7ccccc7n6)ccc5n5c6ccccc6c(c3s2)c45)cc1. The second-order valence-corrected chi connectivity index (χ2v) is 14.2. The summed E-state index contributed by atoms with van der Waals surface area (Å²) in [5, 5.41) is 9.36. The minimum Gasteiger partial charge on any atom is -0.308 e. The minimum absolute atomic E-state index is 0.701. The number of hydrogen-bond donors (Lipinski definition) is 0. The monoisotopic (exact) mass is 667 g/mol. The maximum absolute atomic E-state index is 5.40. The summed E-state index contributed by atoms with van der Waals surface area (Å²) in [6, 6.07) is 53.8. The lowest BCUT2D eigenvalue weighted by Crippen LogP contribution is -2.02. The molecule has 51 heavy (non-hydrogen) atoms. The van der Waals surface area contributed by atoms with Gasteiger partial charge in [-0.25, -0.2) is 15.0 Å². The number of benzene rings is 7. The van der Waals surface area contributed by atoms with E-state index < -0.39 is 0 Å². The average Bonchev–Trinajstić information content (AvgIpc) is 3.94. The molecule has 0 N–H and O–H groups in total. The van der Waals surface area contributed by atoms with E-state index in [1.165, 1.54) is 53.6 Å². The van der Waals surface area contributed by atoms with Crippen molar-refractivity contribution in [2.75, 3.05) is 0 Å². The van der Waals surface area contributed by atoms with Crippen LogP contribution in [0.3, 0.4) is 0 Å². The van der Waals surface area contributed by atoms with Gasteiger partial charge < -0.3 is 4.40 Å². The van der Waals surface area contributed by atoms with Gasteiger partial charge in [0, 0.05) is 48.8 Å². The number of hydrogen-bond acceptors (Lipinski definition) is 4. The van der Waals surface area contributed by atoms with Crippen molar-refractivity contribution in [3.8, 4) is 27.8 Å². The predicted octanol–water partition coefficient (Wildman–Crippen LogP) is 11.8. The van der Waals surface area contributed by atoms with Crippen molar-refractivity contribution >= 4 is 92.4 Å². The first-order chi connectivity index (χ1) is 25.3. The maximum Gasteiger partial charge on any atom is 0.162 e. The zero-order valence-electron chi connectivity index (χ0n) is 27.1. The molecule has 0 atom stereocenters. The number of nitrogens with zero attached hydrogens (tertiary/aromatic N) is 5. The minimum atomic E-state index is 0.701. The Morgan fingerprint density at radius 2 is 1.08 bits per heavy atom. The summed E-state index contributed by atoms with van der Waals surface area (Å²) in [6.45, 7) is 0. The molecule has 0 aliphatic carbocycles.